The molecule has 0 radical (unpaired) electrons. The van der Waals surface area contributed by atoms with E-state index in [0.717, 1.165) is 0 Å². The van der Waals surface area contributed by atoms with Gasteiger partial charge in [-0.25, -0.2) is 0 Å². The van der Waals surface area contributed by atoms with Crippen LogP contribution in [-0.4, -0.2) is 11.6 Å². The molecular formula is C45H32N2. The molecule has 1 aromatic heterocycles. The number of benzene rings is 8. The Morgan fingerprint density at radius 1 is 0.362 bits per heavy atom. The van der Waals surface area contributed by atoms with Crippen molar-refractivity contribution in [3.8, 4) is 27.9 Å². The van der Waals surface area contributed by atoms with E-state index in [4.69, 9.17) is 0 Å². The second kappa shape index (κ2) is 11.0. The van der Waals surface area contributed by atoms with E-state index in [-0.39, 0.29) is 0 Å². The Balaban J connectivity index is 1.11. The molecule has 2 heteroatoms. The highest BCUT2D eigenvalue weighted by Crippen LogP contribution is 2.38. The first-order valence-electron chi connectivity index (χ1n) is 16.2. The first-order valence-corrected chi connectivity index (χ1v) is 16.2. The molecule has 0 aliphatic heterocycles. The van der Waals surface area contributed by atoms with Gasteiger partial charge in [0.25, 0.3) is 0 Å². The van der Waals surface area contributed by atoms with Crippen molar-refractivity contribution < 1.29 is 0 Å². The standard InChI is InChI=1S/C45H32N2/c1-46(39-13-3-2-4-14-39)40-23-19-33(20-24-40)32-15-17-34(18-16-32)38-22-26-44-42(29-38)43-28-36-11-7-8-12-37(36)30-45(43)47(44)41-25-21-31-9-5-6-10-35(31)27-41/h2-30H,1H3. The van der Waals surface area contributed by atoms with Crippen molar-refractivity contribution in [2.75, 3.05) is 11.9 Å². The summed E-state index contributed by atoms with van der Waals surface area (Å²) in [5.74, 6) is 0. The molecule has 0 N–H and O–H groups in total. The zero-order chi connectivity index (χ0) is 31.3. The van der Waals surface area contributed by atoms with Gasteiger partial charge in [-0.15, -0.1) is 0 Å². The van der Waals surface area contributed by atoms with Crippen LogP contribution in [0.3, 0.4) is 0 Å². The van der Waals surface area contributed by atoms with E-state index in [1.165, 1.54) is 82.7 Å². The third-order valence-corrected chi connectivity index (χ3v) is 9.57. The number of rotatable bonds is 5. The van der Waals surface area contributed by atoms with Crippen molar-refractivity contribution in [2.24, 2.45) is 0 Å². The molecule has 0 saturated heterocycles. The summed E-state index contributed by atoms with van der Waals surface area (Å²) >= 11 is 0. The Kier molecular flexibility index (Phi) is 6.39. The number of nitrogens with zero attached hydrogens (tertiary/aromatic N) is 2. The number of hydrogen-bond acceptors (Lipinski definition) is 1. The molecule has 0 saturated carbocycles. The van der Waals surface area contributed by atoms with Crippen LogP contribution in [0.2, 0.25) is 0 Å². The van der Waals surface area contributed by atoms with Crippen LogP contribution in [-0.2, 0) is 0 Å². The van der Waals surface area contributed by atoms with E-state index in [9.17, 15) is 0 Å². The molecular weight excluding hydrogens is 569 g/mol. The van der Waals surface area contributed by atoms with Gasteiger partial charge in [0, 0.05) is 34.9 Å². The largest absolute Gasteiger partial charge is 0.345 e. The lowest BCUT2D eigenvalue weighted by Gasteiger charge is -2.19. The quantitative estimate of drug-likeness (QED) is 0.191. The van der Waals surface area contributed by atoms with Gasteiger partial charge < -0.3 is 9.47 Å². The molecule has 0 aliphatic carbocycles. The zero-order valence-corrected chi connectivity index (χ0v) is 26.1. The van der Waals surface area contributed by atoms with Crippen molar-refractivity contribution in [1.82, 2.24) is 4.57 Å². The Morgan fingerprint density at radius 3 is 1.57 bits per heavy atom. The molecule has 0 spiro atoms. The molecule has 9 rings (SSSR count). The molecule has 0 fully saturated rings. The molecule has 2 nitrogen and oxygen atoms in total. The van der Waals surface area contributed by atoms with Gasteiger partial charge in [-0.3, -0.25) is 0 Å². The number of aromatic nitrogens is 1. The maximum atomic E-state index is 2.43. The number of para-hydroxylation sites is 1. The van der Waals surface area contributed by atoms with Crippen molar-refractivity contribution in [3.63, 3.8) is 0 Å². The third kappa shape index (κ3) is 4.74. The molecule has 222 valence electrons. The van der Waals surface area contributed by atoms with Gasteiger partial charge in [-0.05, 0) is 104 Å². The van der Waals surface area contributed by atoms with Crippen molar-refractivity contribution in [3.05, 3.63) is 176 Å². The number of anilines is 2. The van der Waals surface area contributed by atoms with Crippen LogP contribution in [0.15, 0.2) is 176 Å². The van der Waals surface area contributed by atoms with Crippen LogP contribution >= 0.6 is 0 Å². The van der Waals surface area contributed by atoms with Gasteiger partial charge >= 0.3 is 0 Å². The summed E-state index contributed by atoms with van der Waals surface area (Å²) in [6.45, 7) is 0. The molecule has 47 heavy (non-hydrogen) atoms. The molecule has 0 bridgehead atoms. The molecule has 1 heterocycles. The second-order valence-electron chi connectivity index (χ2n) is 12.3. The monoisotopic (exact) mass is 600 g/mol. The summed E-state index contributed by atoms with van der Waals surface area (Å²) in [5.41, 5.74) is 10.8. The molecule has 0 amide bonds. The van der Waals surface area contributed by atoms with E-state index in [2.05, 4.69) is 186 Å². The molecule has 0 aliphatic rings. The summed E-state index contributed by atoms with van der Waals surface area (Å²) in [4.78, 5) is 2.21. The van der Waals surface area contributed by atoms with Crippen LogP contribution in [0.1, 0.15) is 0 Å². The summed E-state index contributed by atoms with van der Waals surface area (Å²) in [6, 6.07) is 63.9. The van der Waals surface area contributed by atoms with Gasteiger partial charge in [0.1, 0.15) is 0 Å². The Hall–Kier alpha value is -6.12. The Labute approximate surface area is 274 Å². The maximum Gasteiger partial charge on any atom is 0.0547 e. The molecule has 0 unspecified atom stereocenters. The van der Waals surface area contributed by atoms with E-state index in [0.29, 0.717) is 0 Å². The van der Waals surface area contributed by atoms with Crippen LogP contribution in [0.4, 0.5) is 11.4 Å². The van der Waals surface area contributed by atoms with Crippen molar-refractivity contribution in [1.29, 1.82) is 0 Å². The van der Waals surface area contributed by atoms with Gasteiger partial charge in [0.05, 0.1) is 11.0 Å². The molecule has 8 aromatic carbocycles. The van der Waals surface area contributed by atoms with Gasteiger partial charge in [0.2, 0.25) is 0 Å². The smallest absolute Gasteiger partial charge is 0.0547 e. The summed E-state index contributed by atoms with van der Waals surface area (Å²) in [6.07, 6.45) is 0. The minimum Gasteiger partial charge on any atom is -0.345 e. The normalized spacial score (nSPS) is 11.5. The topological polar surface area (TPSA) is 8.17 Å². The van der Waals surface area contributed by atoms with E-state index >= 15 is 0 Å². The third-order valence-electron chi connectivity index (χ3n) is 9.57. The maximum absolute atomic E-state index is 2.43. The van der Waals surface area contributed by atoms with Crippen LogP contribution < -0.4 is 4.90 Å². The van der Waals surface area contributed by atoms with E-state index < -0.39 is 0 Å². The summed E-state index contributed by atoms with van der Waals surface area (Å²) in [5, 5.41) is 7.54. The first-order chi connectivity index (χ1) is 23.2. The Morgan fingerprint density at radius 2 is 0.872 bits per heavy atom. The average Bonchev–Trinajstić information content (AvgIpc) is 3.46. The van der Waals surface area contributed by atoms with Crippen molar-refractivity contribution in [2.45, 2.75) is 0 Å². The average molecular weight is 601 g/mol. The first kappa shape index (κ1) is 27.2. The lowest BCUT2D eigenvalue weighted by Crippen LogP contribution is -2.08. The van der Waals surface area contributed by atoms with Gasteiger partial charge in [-0.2, -0.15) is 0 Å². The van der Waals surface area contributed by atoms with Crippen molar-refractivity contribution >= 4 is 54.7 Å². The predicted molar refractivity (Wildman–Crippen MR) is 201 cm³/mol. The highest BCUT2D eigenvalue weighted by atomic mass is 15.1. The fourth-order valence-electron chi connectivity index (χ4n) is 7.01. The summed E-state index contributed by atoms with van der Waals surface area (Å²) < 4.78 is 2.43. The fourth-order valence-corrected chi connectivity index (χ4v) is 7.01. The highest BCUT2D eigenvalue weighted by Gasteiger charge is 2.15. The minimum atomic E-state index is 1.17. The van der Waals surface area contributed by atoms with Crippen LogP contribution in [0, 0.1) is 0 Å². The van der Waals surface area contributed by atoms with Crippen LogP contribution in [0.25, 0.3) is 71.3 Å². The highest BCUT2D eigenvalue weighted by molar-refractivity contribution is 6.14. The Bertz CT molecular complexity index is 2560. The zero-order valence-electron chi connectivity index (χ0n) is 26.1. The molecule has 9 aromatic rings. The number of hydrogen-bond donors (Lipinski definition) is 0. The lowest BCUT2D eigenvalue weighted by molar-refractivity contribution is 1.19. The SMILES string of the molecule is CN(c1ccccc1)c1ccc(-c2ccc(-c3ccc4c(c3)c3cc5ccccc5cc3n4-c3ccc4ccccc4c3)cc2)cc1. The molecule has 0 atom stereocenters. The predicted octanol–water partition coefficient (Wildman–Crippen LogP) is 12.2. The van der Waals surface area contributed by atoms with E-state index in [1.807, 2.05) is 6.07 Å². The second-order valence-corrected chi connectivity index (χ2v) is 12.3. The fraction of sp³-hybridized carbons (Fsp3) is 0.0222. The lowest BCUT2D eigenvalue weighted by atomic mass is 9.98. The van der Waals surface area contributed by atoms with Gasteiger partial charge in [-0.1, -0.05) is 115 Å². The summed E-state index contributed by atoms with van der Waals surface area (Å²) in [7, 11) is 2.11. The van der Waals surface area contributed by atoms with Crippen LogP contribution in [0.5, 0.6) is 0 Å². The minimum absolute atomic E-state index is 1.17. The van der Waals surface area contributed by atoms with Gasteiger partial charge in [0.15, 0.2) is 0 Å². The van der Waals surface area contributed by atoms with E-state index in [1.54, 1.807) is 0 Å². The number of fused-ring (bicyclic) bond motifs is 5.